The Morgan fingerprint density at radius 1 is 1.37 bits per heavy atom. The largest absolute Gasteiger partial charge is 0.370 e. The van der Waals surface area contributed by atoms with E-state index in [-0.39, 0.29) is 6.10 Å². The first-order chi connectivity index (χ1) is 13.2. The molecule has 1 fully saturated rings. The van der Waals surface area contributed by atoms with Gasteiger partial charge in [0.1, 0.15) is 6.10 Å². The first kappa shape index (κ1) is 17.5. The van der Waals surface area contributed by atoms with E-state index in [2.05, 4.69) is 35.9 Å². The molecule has 3 heterocycles. The first-order valence-corrected chi connectivity index (χ1v) is 9.20. The number of ether oxygens (including phenoxy) is 1. The van der Waals surface area contributed by atoms with Gasteiger partial charge >= 0.3 is 0 Å². The number of nitrogens with zero attached hydrogens (tertiary/aromatic N) is 6. The lowest BCUT2D eigenvalue weighted by Gasteiger charge is -2.34. The highest BCUT2D eigenvalue weighted by atomic mass is 16.5. The number of rotatable bonds is 4. The summed E-state index contributed by atoms with van der Waals surface area (Å²) in [5.41, 5.74) is 3.27. The van der Waals surface area contributed by atoms with Crippen molar-refractivity contribution < 1.29 is 4.74 Å². The van der Waals surface area contributed by atoms with Gasteiger partial charge in [-0.3, -0.25) is 9.67 Å². The monoisotopic (exact) mass is 367 g/mol. The van der Waals surface area contributed by atoms with Gasteiger partial charge in [-0.25, -0.2) is 4.98 Å². The van der Waals surface area contributed by atoms with E-state index in [0.717, 1.165) is 48.7 Å². The quantitative estimate of drug-likeness (QED) is 0.558. The van der Waals surface area contributed by atoms with Crippen LogP contribution in [0.3, 0.4) is 0 Å². The van der Waals surface area contributed by atoms with Crippen molar-refractivity contribution in [3.63, 3.8) is 0 Å². The number of benzene rings is 1. The standard InChI is InChI=1S/C19H25N7O/c1-20-19(21-7-8-26-14-22-16-5-3-4-6-17(16)26)25-9-10-27-18(13-25)15-11-23-24(2)12-15/h3-6,11-12,14,18H,7-10,13H2,1-2H3,(H,20,21). The molecule has 1 atom stereocenters. The van der Waals surface area contributed by atoms with Crippen LogP contribution in [0.2, 0.25) is 0 Å². The summed E-state index contributed by atoms with van der Waals surface area (Å²) in [7, 11) is 3.74. The molecule has 8 heteroatoms. The zero-order valence-electron chi connectivity index (χ0n) is 15.7. The Bertz CT molecular complexity index is 929. The van der Waals surface area contributed by atoms with Gasteiger partial charge in [0.15, 0.2) is 5.96 Å². The van der Waals surface area contributed by atoms with Crippen molar-refractivity contribution in [2.45, 2.75) is 12.6 Å². The van der Waals surface area contributed by atoms with E-state index in [4.69, 9.17) is 4.74 Å². The van der Waals surface area contributed by atoms with Gasteiger partial charge in [0, 0.05) is 45.5 Å². The molecule has 0 spiro atoms. The van der Waals surface area contributed by atoms with Crippen molar-refractivity contribution in [1.29, 1.82) is 0 Å². The van der Waals surface area contributed by atoms with E-state index in [9.17, 15) is 0 Å². The van der Waals surface area contributed by atoms with Crippen LogP contribution in [0.5, 0.6) is 0 Å². The van der Waals surface area contributed by atoms with Crippen LogP contribution in [0, 0.1) is 0 Å². The Labute approximate surface area is 158 Å². The Hall–Kier alpha value is -2.87. The lowest BCUT2D eigenvalue weighted by Crippen LogP contribution is -2.48. The van der Waals surface area contributed by atoms with Crippen LogP contribution in [-0.4, -0.2) is 63.5 Å². The van der Waals surface area contributed by atoms with Gasteiger partial charge in [0.2, 0.25) is 0 Å². The fourth-order valence-electron chi connectivity index (χ4n) is 3.46. The molecule has 1 aliphatic rings. The Morgan fingerprint density at radius 2 is 2.26 bits per heavy atom. The van der Waals surface area contributed by atoms with Crippen LogP contribution < -0.4 is 5.32 Å². The summed E-state index contributed by atoms with van der Waals surface area (Å²) in [4.78, 5) is 11.1. The van der Waals surface area contributed by atoms with Gasteiger partial charge in [-0.2, -0.15) is 5.10 Å². The Balaban J connectivity index is 1.36. The maximum Gasteiger partial charge on any atom is 0.193 e. The smallest absolute Gasteiger partial charge is 0.193 e. The summed E-state index contributed by atoms with van der Waals surface area (Å²) in [5, 5.41) is 7.72. The molecule has 8 nitrogen and oxygen atoms in total. The molecule has 0 bridgehead atoms. The van der Waals surface area contributed by atoms with Crippen LogP contribution in [0.15, 0.2) is 48.0 Å². The van der Waals surface area contributed by atoms with E-state index >= 15 is 0 Å². The van der Waals surface area contributed by atoms with Crippen molar-refractivity contribution in [2.24, 2.45) is 12.0 Å². The number of hydrogen-bond acceptors (Lipinski definition) is 4. The minimum absolute atomic E-state index is 0.0172. The first-order valence-electron chi connectivity index (χ1n) is 9.20. The maximum atomic E-state index is 5.92. The normalized spacial score (nSPS) is 18.2. The van der Waals surface area contributed by atoms with Crippen molar-refractivity contribution >= 4 is 17.0 Å². The van der Waals surface area contributed by atoms with Gasteiger partial charge in [0.25, 0.3) is 0 Å². The number of morpholine rings is 1. The van der Waals surface area contributed by atoms with E-state index in [1.165, 1.54) is 0 Å². The molecule has 0 amide bonds. The summed E-state index contributed by atoms with van der Waals surface area (Å²) >= 11 is 0. The molecule has 0 radical (unpaired) electrons. The molecule has 3 aromatic rings. The molecule has 1 aliphatic heterocycles. The molecule has 0 saturated carbocycles. The number of aromatic nitrogens is 4. The van der Waals surface area contributed by atoms with E-state index in [1.54, 1.807) is 4.68 Å². The van der Waals surface area contributed by atoms with E-state index in [1.807, 2.05) is 51.0 Å². The highest BCUT2D eigenvalue weighted by Crippen LogP contribution is 2.21. The highest BCUT2D eigenvalue weighted by Gasteiger charge is 2.25. The zero-order chi connectivity index (χ0) is 18.6. The Kier molecular flexibility index (Phi) is 5.06. The fourth-order valence-corrected chi connectivity index (χ4v) is 3.46. The number of nitrogens with one attached hydrogen (secondary N) is 1. The summed E-state index contributed by atoms with van der Waals surface area (Å²) in [6.07, 6.45) is 5.79. The van der Waals surface area contributed by atoms with Gasteiger partial charge < -0.3 is 19.5 Å². The van der Waals surface area contributed by atoms with Gasteiger partial charge in [0.05, 0.1) is 36.7 Å². The third-order valence-electron chi connectivity index (χ3n) is 4.84. The van der Waals surface area contributed by atoms with E-state index < -0.39 is 0 Å². The topological polar surface area (TPSA) is 72.5 Å². The zero-order valence-corrected chi connectivity index (χ0v) is 15.7. The van der Waals surface area contributed by atoms with Crippen LogP contribution >= 0.6 is 0 Å². The third-order valence-corrected chi connectivity index (χ3v) is 4.84. The minimum atomic E-state index is 0.0172. The second kappa shape index (κ2) is 7.79. The summed E-state index contributed by atoms with van der Waals surface area (Å²) in [6.45, 7) is 3.87. The molecule has 1 unspecified atom stereocenters. The fraction of sp³-hybridized carbons (Fsp3) is 0.421. The Morgan fingerprint density at radius 3 is 3.07 bits per heavy atom. The number of fused-ring (bicyclic) bond motifs is 1. The SMILES string of the molecule is CN=C(NCCn1cnc2ccccc21)N1CCOC(c2cnn(C)c2)C1. The number of aryl methyl sites for hydroxylation is 1. The average Bonchev–Trinajstić information content (AvgIpc) is 3.32. The maximum absolute atomic E-state index is 5.92. The molecule has 27 heavy (non-hydrogen) atoms. The molecule has 142 valence electrons. The van der Waals surface area contributed by atoms with Crippen molar-refractivity contribution in [2.75, 3.05) is 33.3 Å². The molecule has 1 aromatic carbocycles. The van der Waals surface area contributed by atoms with E-state index in [0.29, 0.717) is 6.61 Å². The predicted molar refractivity (Wildman–Crippen MR) is 105 cm³/mol. The lowest BCUT2D eigenvalue weighted by molar-refractivity contribution is -0.00802. The number of guanidine groups is 1. The molecular formula is C19H25N7O. The van der Waals surface area contributed by atoms with Gasteiger partial charge in [-0.05, 0) is 12.1 Å². The van der Waals surface area contributed by atoms with Crippen LogP contribution in [-0.2, 0) is 18.3 Å². The number of imidazole rings is 1. The second-order valence-electron chi connectivity index (χ2n) is 6.65. The number of hydrogen-bond donors (Lipinski definition) is 1. The third kappa shape index (κ3) is 3.80. The van der Waals surface area contributed by atoms with Crippen LogP contribution in [0.25, 0.3) is 11.0 Å². The van der Waals surface area contributed by atoms with Crippen molar-refractivity contribution in [3.05, 3.63) is 48.5 Å². The molecule has 4 rings (SSSR count). The predicted octanol–water partition coefficient (Wildman–Crippen LogP) is 1.42. The number of para-hydroxylation sites is 2. The average molecular weight is 367 g/mol. The van der Waals surface area contributed by atoms with Gasteiger partial charge in [-0.15, -0.1) is 0 Å². The molecular weight excluding hydrogens is 342 g/mol. The summed E-state index contributed by atoms with van der Waals surface area (Å²) in [5.74, 6) is 0.900. The summed E-state index contributed by atoms with van der Waals surface area (Å²) in [6, 6.07) is 8.18. The lowest BCUT2D eigenvalue weighted by atomic mass is 10.1. The summed E-state index contributed by atoms with van der Waals surface area (Å²) < 4.78 is 9.89. The molecule has 0 aliphatic carbocycles. The van der Waals surface area contributed by atoms with Crippen LogP contribution in [0.1, 0.15) is 11.7 Å². The molecule has 1 saturated heterocycles. The second-order valence-corrected chi connectivity index (χ2v) is 6.65. The minimum Gasteiger partial charge on any atom is -0.370 e. The van der Waals surface area contributed by atoms with Crippen molar-refractivity contribution in [3.8, 4) is 0 Å². The molecule has 2 aromatic heterocycles. The van der Waals surface area contributed by atoms with Crippen LogP contribution in [0.4, 0.5) is 0 Å². The highest BCUT2D eigenvalue weighted by molar-refractivity contribution is 5.80. The number of aliphatic imine (C=N–C) groups is 1. The van der Waals surface area contributed by atoms with Crippen molar-refractivity contribution in [1.82, 2.24) is 29.5 Å². The molecule has 1 N–H and O–H groups in total. The van der Waals surface area contributed by atoms with Gasteiger partial charge in [-0.1, -0.05) is 12.1 Å².